The van der Waals surface area contributed by atoms with Crippen molar-refractivity contribution in [2.75, 3.05) is 51.8 Å². The summed E-state index contributed by atoms with van der Waals surface area (Å²) in [6, 6.07) is 8.34. The van der Waals surface area contributed by atoms with Gasteiger partial charge in [-0.2, -0.15) is 0 Å². The van der Waals surface area contributed by atoms with Gasteiger partial charge in [0.25, 0.3) is 5.91 Å². The Hall–Kier alpha value is -3.04. The number of nitrogens with zero attached hydrogens (tertiary/aromatic N) is 3. The molecule has 1 amide bonds. The number of aromatic nitrogens is 2. The highest BCUT2D eigenvalue weighted by Crippen LogP contribution is 2.16. The van der Waals surface area contributed by atoms with Gasteiger partial charge in [0.2, 0.25) is 0 Å². The second kappa shape index (κ2) is 9.77. The quantitative estimate of drug-likeness (QED) is 0.682. The average molecular weight is 385 g/mol. The van der Waals surface area contributed by atoms with Crippen molar-refractivity contribution in [3.63, 3.8) is 0 Å². The van der Waals surface area contributed by atoms with Crippen LogP contribution in [0.1, 0.15) is 20.8 Å². The van der Waals surface area contributed by atoms with E-state index in [-0.39, 0.29) is 11.6 Å². The Morgan fingerprint density at radius 1 is 1.18 bits per heavy atom. The van der Waals surface area contributed by atoms with Crippen molar-refractivity contribution >= 4 is 23.4 Å². The van der Waals surface area contributed by atoms with E-state index in [0.29, 0.717) is 17.9 Å². The van der Waals surface area contributed by atoms with Crippen LogP contribution in [-0.4, -0.2) is 73.2 Å². The van der Waals surface area contributed by atoms with Crippen LogP contribution >= 0.6 is 0 Å². The summed E-state index contributed by atoms with van der Waals surface area (Å²) in [4.78, 5) is 34.2. The fourth-order valence-electron chi connectivity index (χ4n) is 2.75. The summed E-state index contributed by atoms with van der Waals surface area (Å²) in [6.45, 7) is 4.54. The molecule has 0 saturated carbocycles. The molecule has 3 rings (SSSR count). The van der Waals surface area contributed by atoms with E-state index >= 15 is 0 Å². The van der Waals surface area contributed by atoms with Gasteiger partial charge in [0.05, 0.1) is 25.9 Å². The Morgan fingerprint density at radius 2 is 1.93 bits per heavy atom. The summed E-state index contributed by atoms with van der Waals surface area (Å²) in [5.74, 6) is -0.163. The molecule has 1 aromatic heterocycles. The van der Waals surface area contributed by atoms with Crippen LogP contribution in [0.4, 0.5) is 11.5 Å². The van der Waals surface area contributed by atoms with Crippen molar-refractivity contribution in [2.45, 2.75) is 0 Å². The van der Waals surface area contributed by atoms with E-state index in [0.717, 1.165) is 38.5 Å². The number of hydrogen-bond donors (Lipinski definition) is 2. The topological polar surface area (TPSA) is 106 Å². The second-order valence-electron chi connectivity index (χ2n) is 6.19. The first-order chi connectivity index (χ1) is 13.7. The van der Waals surface area contributed by atoms with Crippen LogP contribution in [0.25, 0.3) is 0 Å². The minimum atomic E-state index is -0.398. The summed E-state index contributed by atoms with van der Waals surface area (Å²) in [7, 11) is 1.34. The molecule has 1 aromatic carbocycles. The lowest BCUT2D eigenvalue weighted by Crippen LogP contribution is -2.41. The van der Waals surface area contributed by atoms with Crippen molar-refractivity contribution in [2.24, 2.45) is 0 Å². The molecule has 0 radical (unpaired) electrons. The minimum Gasteiger partial charge on any atom is -0.465 e. The van der Waals surface area contributed by atoms with Crippen LogP contribution in [-0.2, 0) is 9.47 Å². The third-order valence-corrected chi connectivity index (χ3v) is 4.30. The third-order valence-electron chi connectivity index (χ3n) is 4.30. The average Bonchev–Trinajstić information content (AvgIpc) is 2.74. The van der Waals surface area contributed by atoms with Gasteiger partial charge in [0.1, 0.15) is 17.8 Å². The zero-order chi connectivity index (χ0) is 19.8. The fourth-order valence-corrected chi connectivity index (χ4v) is 2.75. The molecule has 0 unspecified atom stereocenters. The Balaban J connectivity index is 1.54. The molecule has 2 N–H and O–H groups in total. The number of methoxy groups -OCH3 is 1. The number of carbonyl (C=O) groups excluding carboxylic acids is 2. The van der Waals surface area contributed by atoms with Crippen molar-refractivity contribution in [3.8, 4) is 0 Å². The molecule has 0 aliphatic carbocycles. The lowest BCUT2D eigenvalue weighted by Gasteiger charge is -2.26. The summed E-state index contributed by atoms with van der Waals surface area (Å²) in [6.07, 6.45) is 1.34. The molecule has 1 aliphatic rings. The molecule has 0 atom stereocenters. The van der Waals surface area contributed by atoms with Gasteiger partial charge in [-0.05, 0) is 24.3 Å². The number of hydrogen-bond acceptors (Lipinski definition) is 8. The summed E-state index contributed by atoms with van der Waals surface area (Å²) >= 11 is 0. The highest BCUT2D eigenvalue weighted by atomic mass is 16.5. The number of esters is 1. The maximum atomic E-state index is 12.3. The molecule has 1 saturated heterocycles. The van der Waals surface area contributed by atoms with Gasteiger partial charge >= 0.3 is 5.97 Å². The first-order valence-electron chi connectivity index (χ1n) is 9.01. The summed E-state index contributed by atoms with van der Waals surface area (Å²) in [5.41, 5.74) is 1.46. The number of nitrogens with one attached hydrogen (secondary N) is 2. The molecule has 9 heteroatoms. The number of rotatable bonds is 7. The standard InChI is InChI=1S/C19H23N5O4/c1-27-19(26)14-2-4-15(5-3-14)23-17-12-16(21-13-22-17)18(25)20-6-7-24-8-10-28-11-9-24/h2-5,12-13H,6-11H2,1H3,(H,20,25)(H,21,22,23). The van der Waals surface area contributed by atoms with Gasteiger partial charge in [0.15, 0.2) is 0 Å². The van der Waals surface area contributed by atoms with Gasteiger partial charge < -0.3 is 20.1 Å². The molecule has 1 aliphatic heterocycles. The molecule has 148 valence electrons. The van der Waals surface area contributed by atoms with Gasteiger partial charge in [-0.15, -0.1) is 0 Å². The molecule has 2 heterocycles. The van der Waals surface area contributed by atoms with Crippen LogP contribution in [0, 0.1) is 0 Å². The molecular formula is C19H23N5O4. The lowest BCUT2D eigenvalue weighted by molar-refractivity contribution is 0.0383. The lowest BCUT2D eigenvalue weighted by atomic mass is 10.2. The van der Waals surface area contributed by atoms with Crippen LogP contribution < -0.4 is 10.6 Å². The van der Waals surface area contributed by atoms with Gasteiger partial charge in [-0.1, -0.05) is 0 Å². The van der Waals surface area contributed by atoms with E-state index < -0.39 is 5.97 Å². The number of carbonyl (C=O) groups is 2. The maximum absolute atomic E-state index is 12.3. The Bertz CT molecular complexity index is 806. The Kier molecular flexibility index (Phi) is 6.88. The smallest absolute Gasteiger partial charge is 0.337 e. The van der Waals surface area contributed by atoms with E-state index in [1.165, 1.54) is 13.4 Å². The Labute approximate surface area is 163 Å². The highest BCUT2D eigenvalue weighted by Gasteiger charge is 2.12. The van der Waals surface area contributed by atoms with Crippen molar-refractivity contribution in [1.82, 2.24) is 20.2 Å². The largest absolute Gasteiger partial charge is 0.465 e. The van der Waals surface area contributed by atoms with Gasteiger partial charge in [0, 0.05) is 37.9 Å². The first-order valence-corrected chi connectivity index (χ1v) is 9.01. The number of amides is 1. The van der Waals surface area contributed by atoms with Crippen molar-refractivity contribution in [3.05, 3.63) is 47.9 Å². The number of benzene rings is 1. The number of ether oxygens (including phenoxy) is 2. The van der Waals surface area contributed by atoms with Gasteiger partial charge in [-0.25, -0.2) is 14.8 Å². The molecule has 0 spiro atoms. The van der Waals surface area contributed by atoms with E-state index in [2.05, 4.69) is 30.2 Å². The van der Waals surface area contributed by atoms with Crippen LogP contribution in [0.2, 0.25) is 0 Å². The predicted molar refractivity (Wildman–Crippen MR) is 103 cm³/mol. The molecular weight excluding hydrogens is 362 g/mol. The number of anilines is 2. The highest BCUT2D eigenvalue weighted by molar-refractivity contribution is 5.93. The fraction of sp³-hybridized carbons (Fsp3) is 0.368. The maximum Gasteiger partial charge on any atom is 0.337 e. The van der Waals surface area contributed by atoms with Crippen molar-refractivity contribution < 1.29 is 19.1 Å². The molecule has 9 nitrogen and oxygen atoms in total. The van der Waals surface area contributed by atoms with Crippen LogP contribution in [0.3, 0.4) is 0 Å². The van der Waals surface area contributed by atoms with E-state index in [4.69, 9.17) is 4.74 Å². The summed E-state index contributed by atoms with van der Waals surface area (Å²) < 4.78 is 9.98. The number of morpholine rings is 1. The molecule has 1 fully saturated rings. The second-order valence-corrected chi connectivity index (χ2v) is 6.19. The zero-order valence-electron chi connectivity index (χ0n) is 15.7. The SMILES string of the molecule is COC(=O)c1ccc(Nc2cc(C(=O)NCCN3CCOCC3)ncn2)cc1. The Morgan fingerprint density at radius 3 is 2.64 bits per heavy atom. The third kappa shape index (κ3) is 5.48. The predicted octanol–water partition coefficient (Wildman–Crippen LogP) is 1.07. The van der Waals surface area contributed by atoms with Crippen molar-refractivity contribution in [1.29, 1.82) is 0 Å². The first kappa shape index (κ1) is 19.7. The summed E-state index contributed by atoms with van der Waals surface area (Å²) in [5, 5.41) is 5.96. The van der Waals surface area contributed by atoms with E-state index in [1.54, 1.807) is 30.3 Å². The van der Waals surface area contributed by atoms with Gasteiger partial charge in [-0.3, -0.25) is 9.69 Å². The molecule has 2 aromatic rings. The van der Waals surface area contributed by atoms with Crippen LogP contribution in [0.15, 0.2) is 36.7 Å². The molecule has 0 bridgehead atoms. The zero-order valence-corrected chi connectivity index (χ0v) is 15.7. The molecule has 28 heavy (non-hydrogen) atoms. The van der Waals surface area contributed by atoms with E-state index in [9.17, 15) is 9.59 Å². The van der Waals surface area contributed by atoms with Crippen LogP contribution in [0.5, 0.6) is 0 Å². The monoisotopic (exact) mass is 385 g/mol. The van der Waals surface area contributed by atoms with E-state index in [1.807, 2.05) is 0 Å². The minimum absolute atomic E-state index is 0.250. The normalized spacial score (nSPS) is 14.3.